The van der Waals surface area contributed by atoms with E-state index >= 15 is 0 Å². The third kappa shape index (κ3) is 2.48. The van der Waals surface area contributed by atoms with Gasteiger partial charge in [0.2, 0.25) is 10.1 Å². The number of ether oxygens (including phenoxy) is 1. The lowest BCUT2D eigenvalue weighted by atomic mass is 10.4. The Labute approximate surface area is 97.4 Å². The molecule has 1 aliphatic carbocycles. The largest absolute Gasteiger partial charge is 0.383 e. The smallest absolute Gasteiger partial charge is 0.285 e. The van der Waals surface area contributed by atoms with Gasteiger partial charge in [-0.3, -0.25) is 4.79 Å². The van der Waals surface area contributed by atoms with Crippen molar-refractivity contribution in [1.82, 2.24) is 15.1 Å². The predicted molar refractivity (Wildman–Crippen MR) is 60.3 cm³/mol. The molecule has 2 rings (SSSR count). The summed E-state index contributed by atoms with van der Waals surface area (Å²) < 4.78 is 4.99. The summed E-state index contributed by atoms with van der Waals surface area (Å²) in [6.45, 7) is 1.13. The van der Waals surface area contributed by atoms with Crippen LogP contribution in [0, 0.1) is 0 Å². The van der Waals surface area contributed by atoms with Crippen LogP contribution in [0.2, 0.25) is 0 Å². The highest BCUT2D eigenvalue weighted by atomic mass is 32.1. The molecule has 1 aromatic heterocycles. The number of hydrogen-bond acceptors (Lipinski definition) is 6. The van der Waals surface area contributed by atoms with E-state index in [0.717, 1.165) is 24.2 Å². The molecule has 0 radical (unpaired) electrons. The minimum Gasteiger partial charge on any atom is -0.383 e. The minimum absolute atomic E-state index is 0.0891. The van der Waals surface area contributed by atoms with Gasteiger partial charge < -0.3 is 15.4 Å². The van der Waals surface area contributed by atoms with Crippen LogP contribution >= 0.6 is 11.3 Å². The summed E-state index contributed by atoms with van der Waals surface area (Å²) in [7, 11) is 1.62. The summed E-state index contributed by atoms with van der Waals surface area (Å²) in [4.78, 5) is 13.9. The Morgan fingerprint density at radius 2 is 2.38 bits per heavy atom. The van der Waals surface area contributed by atoms with E-state index in [0.29, 0.717) is 29.3 Å². The van der Waals surface area contributed by atoms with Gasteiger partial charge in [0.1, 0.15) is 0 Å². The number of nitrogen functional groups attached to an aromatic ring is 1. The van der Waals surface area contributed by atoms with Gasteiger partial charge in [0.15, 0.2) is 0 Å². The molecular weight excluding hydrogens is 228 g/mol. The molecule has 88 valence electrons. The second-order valence-corrected chi connectivity index (χ2v) is 4.68. The summed E-state index contributed by atoms with van der Waals surface area (Å²) in [6.07, 6.45) is 2.12. The van der Waals surface area contributed by atoms with Crippen LogP contribution in [0.25, 0.3) is 0 Å². The topological polar surface area (TPSA) is 81.3 Å². The third-order valence-electron chi connectivity index (χ3n) is 2.41. The van der Waals surface area contributed by atoms with E-state index in [-0.39, 0.29) is 5.91 Å². The van der Waals surface area contributed by atoms with Crippen LogP contribution in [0.5, 0.6) is 0 Å². The van der Waals surface area contributed by atoms with E-state index < -0.39 is 0 Å². The van der Waals surface area contributed by atoms with E-state index in [4.69, 9.17) is 10.5 Å². The number of carbonyl (C=O) groups excluding carboxylic acids is 1. The maximum atomic E-state index is 12.1. The number of methoxy groups -OCH3 is 1. The van der Waals surface area contributed by atoms with Crippen LogP contribution < -0.4 is 5.73 Å². The van der Waals surface area contributed by atoms with Crippen LogP contribution in [-0.4, -0.2) is 47.3 Å². The Bertz CT molecular complexity index is 377. The van der Waals surface area contributed by atoms with E-state index in [1.165, 1.54) is 0 Å². The van der Waals surface area contributed by atoms with Crippen molar-refractivity contribution in [3.8, 4) is 0 Å². The molecule has 1 aromatic rings. The van der Waals surface area contributed by atoms with Gasteiger partial charge in [0.25, 0.3) is 5.91 Å². The van der Waals surface area contributed by atoms with E-state index in [2.05, 4.69) is 10.2 Å². The molecule has 0 aromatic carbocycles. The Balaban J connectivity index is 2.04. The lowest BCUT2D eigenvalue weighted by Crippen LogP contribution is -2.35. The maximum Gasteiger partial charge on any atom is 0.285 e. The lowest BCUT2D eigenvalue weighted by molar-refractivity contribution is 0.0679. The normalized spacial score (nSPS) is 15.1. The number of hydrogen-bond donors (Lipinski definition) is 1. The highest BCUT2D eigenvalue weighted by molar-refractivity contribution is 7.16. The lowest BCUT2D eigenvalue weighted by Gasteiger charge is -2.20. The molecule has 0 spiro atoms. The molecule has 1 amide bonds. The van der Waals surface area contributed by atoms with E-state index in [1.807, 2.05) is 0 Å². The summed E-state index contributed by atoms with van der Waals surface area (Å²) >= 11 is 1.13. The molecule has 6 nitrogen and oxygen atoms in total. The summed E-state index contributed by atoms with van der Waals surface area (Å²) in [6, 6.07) is 0.341. The quantitative estimate of drug-likeness (QED) is 0.806. The van der Waals surface area contributed by atoms with Gasteiger partial charge in [-0.2, -0.15) is 0 Å². The highest BCUT2D eigenvalue weighted by Gasteiger charge is 2.34. The number of aromatic nitrogens is 2. The monoisotopic (exact) mass is 242 g/mol. The Morgan fingerprint density at radius 1 is 1.62 bits per heavy atom. The van der Waals surface area contributed by atoms with Crippen molar-refractivity contribution in [2.24, 2.45) is 0 Å². The molecule has 1 heterocycles. The zero-order valence-electron chi connectivity index (χ0n) is 9.05. The molecule has 0 saturated heterocycles. The zero-order valence-corrected chi connectivity index (χ0v) is 9.87. The van der Waals surface area contributed by atoms with Crippen molar-refractivity contribution in [3.63, 3.8) is 0 Å². The fourth-order valence-corrected chi connectivity index (χ4v) is 2.04. The number of nitrogens with two attached hydrogens (primary N) is 1. The number of rotatable bonds is 5. The Kier molecular flexibility index (Phi) is 3.35. The molecule has 1 fully saturated rings. The van der Waals surface area contributed by atoms with Crippen molar-refractivity contribution >= 4 is 22.4 Å². The van der Waals surface area contributed by atoms with Crippen molar-refractivity contribution in [1.29, 1.82) is 0 Å². The third-order valence-corrected chi connectivity index (χ3v) is 3.15. The van der Waals surface area contributed by atoms with Gasteiger partial charge in [0, 0.05) is 19.7 Å². The molecule has 0 aliphatic heterocycles. The van der Waals surface area contributed by atoms with Gasteiger partial charge in [0.05, 0.1) is 6.61 Å². The van der Waals surface area contributed by atoms with Crippen molar-refractivity contribution in [2.75, 3.05) is 26.0 Å². The first kappa shape index (κ1) is 11.3. The van der Waals surface area contributed by atoms with Crippen LogP contribution in [0.4, 0.5) is 5.13 Å². The number of nitrogens with zero attached hydrogens (tertiary/aromatic N) is 3. The zero-order chi connectivity index (χ0) is 11.5. The van der Waals surface area contributed by atoms with Gasteiger partial charge in [-0.15, -0.1) is 10.2 Å². The Hall–Kier alpha value is -1.21. The SMILES string of the molecule is COCCN(C(=O)c1nnc(N)s1)C1CC1. The van der Waals surface area contributed by atoms with E-state index in [1.54, 1.807) is 12.0 Å². The number of amides is 1. The number of anilines is 1. The molecule has 0 atom stereocenters. The fourth-order valence-electron chi connectivity index (χ4n) is 1.47. The van der Waals surface area contributed by atoms with Crippen LogP contribution in [0.1, 0.15) is 22.6 Å². The molecule has 2 N–H and O–H groups in total. The molecule has 1 aliphatic rings. The second kappa shape index (κ2) is 4.75. The van der Waals surface area contributed by atoms with Gasteiger partial charge in [-0.1, -0.05) is 11.3 Å². The average molecular weight is 242 g/mol. The minimum atomic E-state index is -0.0891. The van der Waals surface area contributed by atoms with Gasteiger partial charge in [-0.05, 0) is 12.8 Å². The van der Waals surface area contributed by atoms with Gasteiger partial charge >= 0.3 is 0 Å². The maximum absolute atomic E-state index is 12.1. The van der Waals surface area contributed by atoms with E-state index in [9.17, 15) is 4.79 Å². The van der Waals surface area contributed by atoms with Crippen LogP contribution in [-0.2, 0) is 4.74 Å². The second-order valence-electron chi connectivity index (χ2n) is 3.67. The first-order valence-corrected chi connectivity index (χ1v) is 5.93. The van der Waals surface area contributed by atoms with Crippen LogP contribution in [0.15, 0.2) is 0 Å². The fraction of sp³-hybridized carbons (Fsp3) is 0.667. The van der Waals surface area contributed by atoms with Crippen LogP contribution in [0.3, 0.4) is 0 Å². The first-order chi connectivity index (χ1) is 7.72. The summed E-state index contributed by atoms with van der Waals surface area (Å²) in [5, 5.41) is 8.10. The highest BCUT2D eigenvalue weighted by Crippen LogP contribution is 2.28. The molecule has 0 unspecified atom stereocenters. The standard InChI is InChI=1S/C9H14N4O2S/c1-15-5-4-13(6-2-3-6)8(14)7-11-12-9(10)16-7/h6H,2-5H2,1H3,(H2,10,12). The molecule has 16 heavy (non-hydrogen) atoms. The average Bonchev–Trinajstić information content (AvgIpc) is 3.01. The summed E-state index contributed by atoms with van der Waals surface area (Å²) in [5.41, 5.74) is 5.46. The predicted octanol–water partition coefficient (Wildman–Crippen LogP) is 0.371. The molecule has 7 heteroatoms. The van der Waals surface area contributed by atoms with Crippen molar-refractivity contribution < 1.29 is 9.53 Å². The van der Waals surface area contributed by atoms with Crippen molar-refractivity contribution in [2.45, 2.75) is 18.9 Å². The van der Waals surface area contributed by atoms with Crippen molar-refractivity contribution in [3.05, 3.63) is 5.01 Å². The molecule has 0 bridgehead atoms. The molecule has 1 saturated carbocycles. The van der Waals surface area contributed by atoms with Gasteiger partial charge in [-0.25, -0.2) is 0 Å². The first-order valence-electron chi connectivity index (χ1n) is 5.11. The number of carbonyl (C=O) groups is 1. The Morgan fingerprint density at radius 3 is 2.88 bits per heavy atom. The molecular formula is C9H14N4O2S. The summed E-state index contributed by atoms with van der Waals surface area (Å²) in [5.74, 6) is -0.0891.